The first-order valence-electron chi connectivity index (χ1n) is 4.63. The van der Waals surface area contributed by atoms with Crippen LogP contribution in [0.5, 0.6) is 0 Å². The van der Waals surface area contributed by atoms with Crippen LogP contribution >= 0.6 is 0 Å². The molecule has 0 amide bonds. The molecule has 0 bridgehead atoms. The summed E-state index contributed by atoms with van der Waals surface area (Å²) < 4.78 is 1.91. The average molecular weight is 182 g/mol. The molecular formula is C9H18N4. The number of aryl methyl sites for hydroxylation is 1. The highest BCUT2D eigenvalue weighted by atomic mass is 15.3. The zero-order chi connectivity index (χ0) is 9.84. The van der Waals surface area contributed by atoms with Crippen LogP contribution in [0.1, 0.15) is 25.5 Å². The molecule has 0 unspecified atom stereocenters. The molecule has 0 saturated carbocycles. The Balaban J connectivity index is 2.71. The van der Waals surface area contributed by atoms with Crippen LogP contribution < -0.4 is 11.1 Å². The van der Waals surface area contributed by atoms with Crippen LogP contribution in [-0.4, -0.2) is 22.9 Å². The fourth-order valence-corrected chi connectivity index (χ4v) is 1.31. The van der Waals surface area contributed by atoms with Crippen molar-refractivity contribution in [3.8, 4) is 0 Å². The van der Waals surface area contributed by atoms with Crippen molar-refractivity contribution < 1.29 is 0 Å². The van der Waals surface area contributed by atoms with Crippen LogP contribution in [0.2, 0.25) is 0 Å². The minimum atomic E-state index is 0.505. The van der Waals surface area contributed by atoms with E-state index < -0.39 is 0 Å². The Bertz CT molecular complexity index is 265. The van der Waals surface area contributed by atoms with Crippen molar-refractivity contribution in [2.45, 2.75) is 19.8 Å². The minimum Gasteiger partial charge on any atom is -0.367 e. The van der Waals surface area contributed by atoms with E-state index >= 15 is 0 Å². The van der Waals surface area contributed by atoms with Gasteiger partial charge in [0.15, 0.2) is 0 Å². The molecule has 3 N–H and O–H groups in total. The standard InChI is InChI=1S/C9H18N4/c1-7(2)8-6-9(11-5-4-10)12-13(8)3/h6-7H,4-5,10H2,1-3H3,(H,11,12). The summed E-state index contributed by atoms with van der Waals surface area (Å²) in [5.74, 6) is 1.42. The molecule has 74 valence electrons. The van der Waals surface area contributed by atoms with Crippen LogP contribution in [0.4, 0.5) is 5.82 Å². The second-order valence-electron chi connectivity index (χ2n) is 3.45. The van der Waals surface area contributed by atoms with Gasteiger partial charge in [-0.3, -0.25) is 4.68 Å². The zero-order valence-corrected chi connectivity index (χ0v) is 8.54. The Morgan fingerprint density at radius 2 is 2.31 bits per heavy atom. The van der Waals surface area contributed by atoms with E-state index in [9.17, 15) is 0 Å². The van der Waals surface area contributed by atoms with Crippen LogP contribution in [0, 0.1) is 0 Å². The molecule has 1 aromatic heterocycles. The first-order chi connectivity index (χ1) is 6.15. The van der Waals surface area contributed by atoms with E-state index in [1.54, 1.807) is 0 Å². The predicted molar refractivity (Wildman–Crippen MR) is 54.8 cm³/mol. The first kappa shape index (κ1) is 10.1. The van der Waals surface area contributed by atoms with E-state index in [-0.39, 0.29) is 0 Å². The molecule has 0 radical (unpaired) electrons. The zero-order valence-electron chi connectivity index (χ0n) is 8.54. The highest BCUT2D eigenvalue weighted by molar-refractivity contribution is 5.36. The summed E-state index contributed by atoms with van der Waals surface area (Å²) in [6.07, 6.45) is 0. The maximum atomic E-state index is 5.38. The largest absolute Gasteiger partial charge is 0.367 e. The Morgan fingerprint density at radius 1 is 1.62 bits per heavy atom. The number of aromatic nitrogens is 2. The third kappa shape index (κ3) is 2.45. The molecule has 4 heteroatoms. The molecule has 1 aromatic rings. The van der Waals surface area contributed by atoms with Gasteiger partial charge in [0.2, 0.25) is 0 Å². The fraction of sp³-hybridized carbons (Fsp3) is 0.667. The molecular weight excluding hydrogens is 164 g/mol. The predicted octanol–water partition coefficient (Wildman–Crippen LogP) is 0.914. The lowest BCUT2D eigenvalue weighted by molar-refractivity contribution is 0.670. The smallest absolute Gasteiger partial charge is 0.148 e. The maximum absolute atomic E-state index is 5.38. The van der Waals surface area contributed by atoms with Gasteiger partial charge in [0, 0.05) is 31.9 Å². The summed E-state index contributed by atoms with van der Waals surface area (Å²) in [6.45, 7) is 5.72. The van der Waals surface area contributed by atoms with Crippen molar-refractivity contribution in [3.05, 3.63) is 11.8 Å². The monoisotopic (exact) mass is 182 g/mol. The number of nitrogens with two attached hydrogens (primary N) is 1. The molecule has 0 aromatic carbocycles. The Kier molecular flexibility index (Phi) is 3.31. The molecule has 4 nitrogen and oxygen atoms in total. The molecule has 0 fully saturated rings. The molecule has 0 spiro atoms. The van der Waals surface area contributed by atoms with E-state index in [0.717, 1.165) is 12.4 Å². The van der Waals surface area contributed by atoms with Gasteiger partial charge in [0.1, 0.15) is 5.82 Å². The van der Waals surface area contributed by atoms with Crippen molar-refractivity contribution >= 4 is 5.82 Å². The van der Waals surface area contributed by atoms with Crippen molar-refractivity contribution in [2.24, 2.45) is 12.8 Å². The number of nitrogens with one attached hydrogen (secondary N) is 1. The van der Waals surface area contributed by atoms with E-state index in [2.05, 4.69) is 30.3 Å². The lowest BCUT2D eigenvalue weighted by atomic mass is 10.1. The van der Waals surface area contributed by atoms with Crippen LogP contribution in [0.25, 0.3) is 0 Å². The Morgan fingerprint density at radius 3 is 2.77 bits per heavy atom. The van der Waals surface area contributed by atoms with Crippen LogP contribution in [-0.2, 0) is 7.05 Å². The van der Waals surface area contributed by atoms with E-state index in [1.807, 2.05) is 11.7 Å². The summed E-state index contributed by atoms with van der Waals surface area (Å²) in [6, 6.07) is 2.07. The van der Waals surface area contributed by atoms with Gasteiger partial charge in [-0.25, -0.2) is 0 Å². The Hall–Kier alpha value is -1.03. The van der Waals surface area contributed by atoms with Crippen LogP contribution in [0.15, 0.2) is 6.07 Å². The number of anilines is 1. The van der Waals surface area contributed by atoms with Crippen molar-refractivity contribution in [3.63, 3.8) is 0 Å². The summed E-state index contributed by atoms with van der Waals surface area (Å²) in [4.78, 5) is 0. The number of hydrogen-bond donors (Lipinski definition) is 2. The van der Waals surface area contributed by atoms with Gasteiger partial charge in [-0.2, -0.15) is 5.10 Å². The highest BCUT2D eigenvalue weighted by Gasteiger charge is 2.07. The van der Waals surface area contributed by atoms with E-state index in [4.69, 9.17) is 5.73 Å². The topological polar surface area (TPSA) is 55.9 Å². The van der Waals surface area contributed by atoms with E-state index in [0.29, 0.717) is 12.5 Å². The molecule has 1 rings (SSSR count). The summed E-state index contributed by atoms with van der Waals surface area (Å²) >= 11 is 0. The lowest BCUT2D eigenvalue weighted by Gasteiger charge is -2.02. The first-order valence-corrected chi connectivity index (χ1v) is 4.63. The second kappa shape index (κ2) is 4.28. The fourth-order valence-electron chi connectivity index (χ4n) is 1.31. The maximum Gasteiger partial charge on any atom is 0.148 e. The molecule has 13 heavy (non-hydrogen) atoms. The average Bonchev–Trinajstić information content (AvgIpc) is 2.43. The third-order valence-corrected chi connectivity index (χ3v) is 1.96. The van der Waals surface area contributed by atoms with E-state index in [1.165, 1.54) is 5.69 Å². The second-order valence-corrected chi connectivity index (χ2v) is 3.45. The lowest BCUT2D eigenvalue weighted by Crippen LogP contribution is -2.13. The summed E-state index contributed by atoms with van der Waals surface area (Å²) in [5.41, 5.74) is 6.62. The molecule has 0 aliphatic rings. The van der Waals surface area contributed by atoms with Crippen molar-refractivity contribution in [2.75, 3.05) is 18.4 Å². The molecule has 0 saturated heterocycles. The van der Waals surface area contributed by atoms with Gasteiger partial charge < -0.3 is 11.1 Å². The quantitative estimate of drug-likeness (QED) is 0.728. The SMILES string of the molecule is CC(C)c1cc(NCCN)nn1C. The number of nitrogens with zero attached hydrogens (tertiary/aromatic N) is 2. The minimum absolute atomic E-state index is 0.505. The Labute approximate surface area is 79.1 Å². The van der Waals surface area contributed by atoms with Crippen LogP contribution in [0.3, 0.4) is 0 Å². The summed E-state index contributed by atoms with van der Waals surface area (Å²) in [7, 11) is 1.96. The van der Waals surface area contributed by atoms with Gasteiger partial charge in [0.05, 0.1) is 0 Å². The van der Waals surface area contributed by atoms with Gasteiger partial charge in [-0.15, -0.1) is 0 Å². The molecule has 1 heterocycles. The van der Waals surface area contributed by atoms with Gasteiger partial charge in [0.25, 0.3) is 0 Å². The normalized spacial score (nSPS) is 10.8. The molecule has 0 atom stereocenters. The third-order valence-electron chi connectivity index (χ3n) is 1.96. The number of rotatable bonds is 4. The highest BCUT2D eigenvalue weighted by Crippen LogP contribution is 2.16. The van der Waals surface area contributed by atoms with Crippen molar-refractivity contribution in [1.29, 1.82) is 0 Å². The molecule has 0 aliphatic heterocycles. The van der Waals surface area contributed by atoms with Crippen molar-refractivity contribution in [1.82, 2.24) is 9.78 Å². The molecule has 0 aliphatic carbocycles. The van der Waals surface area contributed by atoms with Gasteiger partial charge in [-0.05, 0) is 5.92 Å². The summed E-state index contributed by atoms with van der Waals surface area (Å²) in [5, 5.41) is 7.47. The van der Waals surface area contributed by atoms with Gasteiger partial charge in [-0.1, -0.05) is 13.8 Å². The number of hydrogen-bond acceptors (Lipinski definition) is 3. The van der Waals surface area contributed by atoms with Gasteiger partial charge >= 0.3 is 0 Å².